The second-order valence-electron chi connectivity index (χ2n) is 6.40. The van der Waals surface area contributed by atoms with E-state index in [1.54, 1.807) is 6.07 Å². The predicted octanol–water partition coefficient (Wildman–Crippen LogP) is 1.57. The lowest BCUT2D eigenvalue weighted by Crippen LogP contribution is -2.52. The van der Waals surface area contributed by atoms with Crippen LogP contribution in [0, 0.1) is 5.82 Å². The molecule has 3 rings (SSSR count). The molecule has 0 aliphatic carbocycles. The van der Waals surface area contributed by atoms with Crippen LogP contribution in [0.5, 0.6) is 0 Å². The molecule has 1 saturated heterocycles. The zero-order valence-corrected chi connectivity index (χ0v) is 13.3. The fourth-order valence-electron chi connectivity index (χ4n) is 3.71. The number of piperazine rings is 1. The molecular formula is C17H24FN3O. The fraction of sp³-hybridized carbons (Fsp3) is 0.588. The molecule has 22 heavy (non-hydrogen) atoms. The van der Waals surface area contributed by atoms with Gasteiger partial charge in [0.1, 0.15) is 5.82 Å². The molecule has 1 fully saturated rings. The number of halogens is 1. The molecule has 2 unspecified atom stereocenters. The number of amides is 1. The van der Waals surface area contributed by atoms with E-state index in [-0.39, 0.29) is 23.8 Å². The fourth-order valence-corrected chi connectivity index (χ4v) is 3.71. The number of nitrogens with one attached hydrogen (secondary N) is 1. The van der Waals surface area contributed by atoms with Gasteiger partial charge in [-0.1, -0.05) is 6.07 Å². The molecule has 0 aromatic heterocycles. The summed E-state index contributed by atoms with van der Waals surface area (Å²) >= 11 is 0. The van der Waals surface area contributed by atoms with Crippen molar-refractivity contribution in [3.63, 3.8) is 0 Å². The lowest BCUT2D eigenvalue weighted by atomic mass is 9.89. The van der Waals surface area contributed by atoms with Crippen LogP contribution in [0.3, 0.4) is 0 Å². The van der Waals surface area contributed by atoms with Crippen LogP contribution in [0.2, 0.25) is 0 Å². The van der Waals surface area contributed by atoms with E-state index in [9.17, 15) is 9.18 Å². The van der Waals surface area contributed by atoms with Crippen molar-refractivity contribution in [1.82, 2.24) is 15.1 Å². The van der Waals surface area contributed by atoms with E-state index in [0.29, 0.717) is 6.54 Å². The van der Waals surface area contributed by atoms with E-state index >= 15 is 0 Å². The van der Waals surface area contributed by atoms with Gasteiger partial charge < -0.3 is 10.2 Å². The van der Waals surface area contributed by atoms with Crippen molar-refractivity contribution in [2.24, 2.45) is 0 Å². The SMILES string of the molecule is CC1Cc2cc(F)ccc2C(C)N1C(=O)CN1CCNCC1. The summed E-state index contributed by atoms with van der Waals surface area (Å²) in [5, 5.41) is 3.30. The molecule has 1 amide bonds. The number of fused-ring (bicyclic) bond motifs is 1. The van der Waals surface area contributed by atoms with Gasteiger partial charge >= 0.3 is 0 Å². The Morgan fingerprint density at radius 1 is 1.32 bits per heavy atom. The molecule has 4 nitrogen and oxygen atoms in total. The van der Waals surface area contributed by atoms with Crippen LogP contribution in [-0.4, -0.2) is 54.5 Å². The van der Waals surface area contributed by atoms with E-state index in [2.05, 4.69) is 17.1 Å². The van der Waals surface area contributed by atoms with E-state index in [4.69, 9.17) is 0 Å². The van der Waals surface area contributed by atoms with Gasteiger partial charge in [0.2, 0.25) is 5.91 Å². The minimum absolute atomic E-state index is 0.00904. The van der Waals surface area contributed by atoms with Crippen molar-refractivity contribution in [3.05, 3.63) is 35.1 Å². The number of carbonyl (C=O) groups excluding carboxylic acids is 1. The van der Waals surface area contributed by atoms with E-state index in [0.717, 1.165) is 43.7 Å². The van der Waals surface area contributed by atoms with Gasteiger partial charge in [-0.2, -0.15) is 0 Å². The van der Waals surface area contributed by atoms with E-state index < -0.39 is 0 Å². The second-order valence-corrected chi connectivity index (χ2v) is 6.40. The van der Waals surface area contributed by atoms with Crippen LogP contribution in [0.25, 0.3) is 0 Å². The second kappa shape index (κ2) is 6.34. The first-order valence-electron chi connectivity index (χ1n) is 8.09. The third-order valence-corrected chi connectivity index (χ3v) is 4.82. The quantitative estimate of drug-likeness (QED) is 0.901. The largest absolute Gasteiger partial charge is 0.332 e. The Labute approximate surface area is 131 Å². The Kier molecular flexibility index (Phi) is 4.45. The molecule has 1 aromatic rings. The molecule has 0 spiro atoms. The molecule has 2 atom stereocenters. The molecule has 2 aliphatic heterocycles. The van der Waals surface area contributed by atoms with E-state index in [1.165, 1.54) is 6.07 Å². The standard InChI is InChI=1S/C17H24FN3O/c1-12-9-14-10-15(18)3-4-16(14)13(2)21(12)17(22)11-20-7-5-19-6-8-20/h3-4,10,12-13,19H,5-9,11H2,1-2H3. The van der Waals surface area contributed by atoms with Gasteiger partial charge in [0, 0.05) is 32.2 Å². The van der Waals surface area contributed by atoms with Crippen molar-refractivity contribution in [3.8, 4) is 0 Å². The summed E-state index contributed by atoms with van der Waals surface area (Å²) in [5.41, 5.74) is 2.11. The highest BCUT2D eigenvalue weighted by Gasteiger charge is 2.33. The maximum Gasteiger partial charge on any atom is 0.237 e. The summed E-state index contributed by atoms with van der Waals surface area (Å²) in [5.74, 6) is -0.0179. The number of benzene rings is 1. The van der Waals surface area contributed by atoms with Crippen LogP contribution < -0.4 is 5.32 Å². The van der Waals surface area contributed by atoms with Gasteiger partial charge in [0.05, 0.1) is 12.6 Å². The molecule has 5 heteroatoms. The molecule has 1 aromatic carbocycles. The Hall–Kier alpha value is -1.46. The lowest BCUT2D eigenvalue weighted by Gasteiger charge is -2.41. The summed E-state index contributed by atoms with van der Waals surface area (Å²) in [7, 11) is 0. The Morgan fingerprint density at radius 3 is 2.77 bits per heavy atom. The number of nitrogens with zero attached hydrogens (tertiary/aromatic N) is 2. The maximum absolute atomic E-state index is 13.4. The van der Waals surface area contributed by atoms with Crippen LogP contribution in [-0.2, 0) is 11.2 Å². The molecule has 0 bridgehead atoms. The summed E-state index contributed by atoms with van der Waals surface area (Å²) in [6.07, 6.45) is 0.727. The summed E-state index contributed by atoms with van der Waals surface area (Å²) in [6, 6.07) is 5.05. The first-order chi connectivity index (χ1) is 10.6. The van der Waals surface area contributed by atoms with Crippen molar-refractivity contribution in [2.45, 2.75) is 32.4 Å². The van der Waals surface area contributed by atoms with Crippen LogP contribution in [0.15, 0.2) is 18.2 Å². The summed E-state index contributed by atoms with van der Waals surface area (Å²) in [4.78, 5) is 16.9. The Bertz CT molecular complexity index is 557. The predicted molar refractivity (Wildman–Crippen MR) is 84.1 cm³/mol. The van der Waals surface area contributed by atoms with Crippen LogP contribution in [0.1, 0.15) is 31.0 Å². The normalized spacial score (nSPS) is 25.9. The summed E-state index contributed by atoms with van der Waals surface area (Å²) in [6.45, 7) is 8.31. The molecular weight excluding hydrogens is 281 g/mol. The minimum atomic E-state index is -0.196. The maximum atomic E-state index is 13.4. The average molecular weight is 305 g/mol. The minimum Gasteiger partial charge on any atom is -0.332 e. The molecule has 1 N–H and O–H groups in total. The van der Waals surface area contributed by atoms with Gasteiger partial charge in [0.25, 0.3) is 0 Å². The van der Waals surface area contributed by atoms with Crippen LogP contribution in [0.4, 0.5) is 4.39 Å². The van der Waals surface area contributed by atoms with Crippen molar-refractivity contribution in [1.29, 1.82) is 0 Å². The molecule has 0 radical (unpaired) electrons. The number of rotatable bonds is 2. The van der Waals surface area contributed by atoms with Crippen molar-refractivity contribution in [2.75, 3.05) is 32.7 Å². The smallest absolute Gasteiger partial charge is 0.237 e. The van der Waals surface area contributed by atoms with Gasteiger partial charge in [-0.25, -0.2) is 4.39 Å². The Morgan fingerprint density at radius 2 is 2.05 bits per heavy atom. The average Bonchev–Trinajstić information content (AvgIpc) is 2.47. The highest BCUT2D eigenvalue weighted by Crippen LogP contribution is 2.33. The molecule has 0 saturated carbocycles. The highest BCUT2D eigenvalue weighted by atomic mass is 19.1. The van der Waals surface area contributed by atoms with Crippen molar-refractivity contribution >= 4 is 5.91 Å². The van der Waals surface area contributed by atoms with E-state index in [1.807, 2.05) is 17.9 Å². The highest BCUT2D eigenvalue weighted by molar-refractivity contribution is 5.79. The molecule has 120 valence electrons. The topological polar surface area (TPSA) is 35.6 Å². The number of hydrogen-bond acceptors (Lipinski definition) is 3. The third kappa shape index (κ3) is 3.01. The van der Waals surface area contributed by atoms with Gasteiger partial charge in [-0.05, 0) is 43.5 Å². The zero-order valence-electron chi connectivity index (χ0n) is 13.3. The molecule has 2 aliphatic rings. The first kappa shape index (κ1) is 15.4. The van der Waals surface area contributed by atoms with Crippen LogP contribution >= 0.6 is 0 Å². The summed E-state index contributed by atoms with van der Waals surface area (Å²) < 4.78 is 13.4. The molecule has 2 heterocycles. The lowest BCUT2D eigenvalue weighted by molar-refractivity contribution is -0.137. The first-order valence-corrected chi connectivity index (χ1v) is 8.09. The Balaban J connectivity index is 1.75. The third-order valence-electron chi connectivity index (χ3n) is 4.82. The van der Waals surface area contributed by atoms with Gasteiger partial charge in [-0.15, -0.1) is 0 Å². The van der Waals surface area contributed by atoms with Crippen molar-refractivity contribution < 1.29 is 9.18 Å². The monoisotopic (exact) mass is 305 g/mol. The number of carbonyl (C=O) groups is 1. The number of hydrogen-bond donors (Lipinski definition) is 1. The van der Waals surface area contributed by atoms with Gasteiger partial charge in [-0.3, -0.25) is 9.69 Å². The zero-order chi connectivity index (χ0) is 15.7. The van der Waals surface area contributed by atoms with Gasteiger partial charge in [0.15, 0.2) is 0 Å².